The lowest BCUT2D eigenvalue weighted by atomic mass is 10.2. The number of ether oxygens (including phenoxy) is 1. The molecule has 110 valence electrons. The van der Waals surface area contributed by atoms with Gasteiger partial charge in [0.1, 0.15) is 0 Å². The zero-order valence-electron chi connectivity index (χ0n) is 11.8. The number of nitrogens with two attached hydrogens (primary N) is 1. The van der Waals surface area contributed by atoms with Crippen molar-refractivity contribution >= 4 is 11.6 Å². The van der Waals surface area contributed by atoms with Gasteiger partial charge >= 0.3 is 0 Å². The smallest absolute Gasteiger partial charge is 0.224 e. The van der Waals surface area contributed by atoms with Crippen molar-refractivity contribution in [2.45, 2.75) is 19.4 Å². The van der Waals surface area contributed by atoms with Crippen LogP contribution in [0.15, 0.2) is 24.3 Å². The molecule has 1 fully saturated rings. The molecule has 0 atom stereocenters. The van der Waals surface area contributed by atoms with E-state index in [1.165, 1.54) is 0 Å². The molecule has 5 nitrogen and oxygen atoms in total. The number of carbonyl (C=O) groups excluding carboxylic acids is 1. The molecular formula is C15H23N3O2. The summed E-state index contributed by atoms with van der Waals surface area (Å²) in [5.74, 6) is 0.0683. The van der Waals surface area contributed by atoms with Crippen molar-refractivity contribution in [3.05, 3.63) is 29.8 Å². The predicted octanol–water partition coefficient (Wildman–Crippen LogP) is 1.20. The second kappa shape index (κ2) is 7.99. The van der Waals surface area contributed by atoms with Gasteiger partial charge in [-0.15, -0.1) is 0 Å². The summed E-state index contributed by atoms with van der Waals surface area (Å²) in [5.41, 5.74) is 7.43. The number of nitrogens with one attached hydrogen (secondary N) is 1. The van der Waals surface area contributed by atoms with Gasteiger partial charge in [0.15, 0.2) is 0 Å². The van der Waals surface area contributed by atoms with E-state index in [0.717, 1.165) is 50.5 Å². The van der Waals surface area contributed by atoms with E-state index in [0.29, 0.717) is 13.0 Å². The summed E-state index contributed by atoms with van der Waals surface area (Å²) in [4.78, 5) is 14.2. The number of morpholine rings is 1. The van der Waals surface area contributed by atoms with Crippen LogP contribution < -0.4 is 11.1 Å². The average Bonchev–Trinajstić information content (AvgIpc) is 2.49. The molecule has 0 aromatic heterocycles. The molecule has 0 aliphatic carbocycles. The molecule has 0 bridgehead atoms. The molecule has 3 N–H and O–H groups in total. The molecule has 5 heteroatoms. The van der Waals surface area contributed by atoms with Crippen molar-refractivity contribution in [1.29, 1.82) is 0 Å². The Hall–Kier alpha value is -1.43. The normalized spacial score (nSPS) is 16.1. The van der Waals surface area contributed by atoms with Gasteiger partial charge in [-0.2, -0.15) is 0 Å². The topological polar surface area (TPSA) is 67.6 Å². The lowest BCUT2D eigenvalue weighted by molar-refractivity contribution is -0.116. The van der Waals surface area contributed by atoms with E-state index in [-0.39, 0.29) is 5.91 Å². The van der Waals surface area contributed by atoms with Crippen LogP contribution in [0.3, 0.4) is 0 Å². The Bertz CT molecular complexity index is 414. The first-order valence-corrected chi connectivity index (χ1v) is 7.17. The number of amides is 1. The van der Waals surface area contributed by atoms with Crippen molar-refractivity contribution in [3.8, 4) is 0 Å². The van der Waals surface area contributed by atoms with Crippen LogP contribution in [0, 0.1) is 0 Å². The summed E-state index contributed by atoms with van der Waals surface area (Å²) < 4.78 is 5.30. The number of benzene rings is 1. The zero-order chi connectivity index (χ0) is 14.2. The highest BCUT2D eigenvalue weighted by Crippen LogP contribution is 2.10. The van der Waals surface area contributed by atoms with E-state index < -0.39 is 0 Å². The molecule has 0 spiro atoms. The van der Waals surface area contributed by atoms with Crippen LogP contribution in [0.25, 0.3) is 0 Å². The van der Waals surface area contributed by atoms with Crippen LogP contribution in [-0.2, 0) is 16.1 Å². The SMILES string of the molecule is NCc1ccc(NC(=O)CCCN2CCOCC2)cc1. The second-order valence-corrected chi connectivity index (χ2v) is 5.01. The molecule has 1 amide bonds. The van der Waals surface area contributed by atoms with E-state index >= 15 is 0 Å². The van der Waals surface area contributed by atoms with E-state index in [4.69, 9.17) is 10.5 Å². The number of nitrogens with zero attached hydrogens (tertiary/aromatic N) is 1. The minimum absolute atomic E-state index is 0.0683. The van der Waals surface area contributed by atoms with Crippen molar-refractivity contribution in [2.24, 2.45) is 5.73 Å². The second-order valence-electron chi connectivity index (χ2n) is 5.01. The summed E-state index contributed by atoms with van der Waals surface area (Å²) in [6.07, 6.45) is 1.43. The van der Waals surface area contributed by atoms with E-state index in [2.05, 4.69) is 10.2 Å². The summed E-state index contributed by atoms with van der Waals surface area (Å²) in [5, 5.41) is 2.91. The van der Waals surface area contributed by atoms with Crippen LogP contribution in [0.5, 0.6) is 0 Å². The fraction of sp³-hybridized carbons (Fsp3) is 0.533. The molecule has 0 saturated carbocycles. The maximum Gasteiger partial charge on any atom is 0.224 e. The molecule has 0 radical (unpaired) electrons. The molecule has 1 aliphatic heterocycles. The molecule has 1 heterocycles. The van der Waals surface area contributed by atoms with Crippen LogP contribution >= 0.6 is 0 Å². The standard InChI is InChI=1S/C15H23N3O2/c16-12-13-3-5-14(6-4-13)17-15(19)2-1-7-18-8-10-20-11-9-18/h3-6H,1-2,7-12,16H2,(H,17,19). The van der Waals surface area contributed by atoms with Gasteiger partial charge in [-0.3, -0.25) is 9.69 Å². The zero-order valence-corrected chi connectivity index (χ0v) is 11.8. The average molecular weight is 277 g/mol. The minimum atomic E-state index is 0.0683. The highest BCUT2D eigenvalue weighted by molar-refractivity contribution is 5.90. The highest BCUT2D eigenvalue weighted by atomic mass is 16.5. The number of hydrogen-bond donors (Lipinski definition) is 2. The lowest BCUT2D eigenvalue weighted by Gasteiger charge is -2.26. The molecular weight excluding hydrogens is 254 g/mol. The Morgan fingerprint density at radius 3 is 2.60 bits per heavy atom. The maximum atomic E-state index is 11.8. The monoisotopic (exact) mass is 277 g/mol. The largest absolute Gasteiger partial charge is 0.379 e. The van der Waals surface area contributed by atoms with E-state index in [1.54, 1.807) is 0 Å². The first-order valence-electron chi connectivity index (χ1n) is 7.17. The first-order chi connectivity index (χ1) is 9.78. The highest BCUT2D eigenvalue weighted by Gasteiger charge is 2.10. The molecule has 0 unspecified atom stereocenters. The van der Waals surface area contributed by atoms with Crippen molar-refractivity contribution in [1.82, 2.24) is 4.90 Å². The molecule has 1 aliphatic rings. The molecule has 20 heavy (non-hydrogen) atoms. The van der Waals surface area contributed by atoms with Crippen LogP contribution in [0.4, 0.5) is 5.69 Å². The van der Waals surface area contributed by atoms with Crippen molar-refractivity contribution in [3.63, 3.8) is 0 Å². The number of rotatable bonds is 6. The third-order valence-corrected chi connectivity index (χ3v) is 3.46. The van der Waals surface area contributed by atoms with Gasteiger partial charge in [0.2, 0.25) is 5.91 Å². The van der Waals surface area contributed by atoms with Crippen molar-refractivity contribution in [2.75, 3.05) is 38.2 Å². The third kappa shape index (κ3) is 4.92. The Kier molecular flexibility index (Phi) is 5.98. The van der Waals surface area contributed by atoms with Gasteiger partial charge in [-0.05, 0) is 30.7 Å². The van der Waals surface area contributed by atoms with Gasteiger partial charge in [-0.25, -0.2) is 0 Å². The fourth-order valence-electron chi connectivity index (χ4n) is 2.24. The summed E-state index contributed by atoms with van der Waals surface area (Å²) in [6.45, 7) is 5.04. The quantitative estimate of drug-likeness (QED) is 0.820. The Morgan fingerprint density at radius 2 is 1.95 bits per heavy atom. The summed E-state index contributed by atoms with van der Waals surface area (Å²) in [7, 11) is 0. The first kappa shape index (κ1) is 15.0. The van der Waals surface area contributed by atoms with Crippen LogP contribution in [-0.4, -0.2) is 43.7 Å². The third-order valence-electron chi connectivity index (χ3n) is 3.46. The molecule has 1 saturated heterocycles. The lowest BCUT2D eigenvalue weighted by Crippen LogP contribution is -2.37. The van der Waals surface area contributed by atoms with Crippen LogP contribution in [0.1, 0.15) is 18.4 Å². The van der Waals surface area contributed by atoms with Gasteiger partial charge < -0.3 is 15.8 Å². The van der Waals surface area contributed by atoms with E-state index in [1.807, 2.05) is 24.3 Å². The number of anilines is 1. The van der Waals surface area contributed by atoms with E-state index in [9.17, 15) is 4.79 Å². The molecule has 1 aromatic carbocycles. The van der Waals surface area contributed by atoms with Gasteiger partial charge in [0.05, 0.1) is 13.2 Å². The van der Waals surface area contributed by atoms with Gasteiger partial charge in [-0.1, -0.05) is 12.1 Å². The number of hydrogen-bond acceptors (Lipinski definition) is 4. The molecule has 1 aromatic rings. The Morgan fingerprint density at radius 1 is 1.25 bits per heavy atom. The minimum Gasteiger partial charge on any atom is -0.379 e. The fourth-order valence-corrected chi connectivity index (χ4v) is 2.24. The van der Waals surface area contributed by atoms with Gasteiger partial charge in [0.25, 0.3) is 0 Å². The maximum absolute atomic E-state index is 11.8. The predicted molar refractivity (Wildman–Crippen MR) is 79.5 cm³/mol. The Balaban J connectivity index is 1.66. The summed E-state index contributed by atoms with van der Waals surface area (Å²) >= 11 is 0. The van der Waals surface area contributed by atoms with Gasteiger partial charge in [0, 0.05) is 31.7 Å². The van der Waals surface area contributed by atoms with Crippen molar-refractivity contribution < 1.29 is 9.53 Å². The summed E-state index contributed by atoms with van der Waals surface area (Å²) in [6, 6.07) is 7.65. The molecule has 2 rings (SSSR count). The van der Waals surface area contributed by atoms with Crippen LogP contribution in [0.2, 0.25) is 0 Å². The Labute approximate surface area is 120 Å². The number of carbonyl (C=O) groups is 1.